The third-order valence-electron chi connectivity index (χ3n) is 2.80. The fourth-order valence-corrected chi connectivity index (χ4v) is 1.95. The Kier molecular flexibility index (Phi) is 2.22. The van der Waals surface area contributed by atoms with Gasteiger partial charge >= 0.3 is 0 Å². The van der Waals surface area contributed by atoms with E-state index >= 15 is 0 Å². The number of nitrogens with two attached hydrogens (primary N) is 1. The maximum absolute atomic E-state index is 8.62. The van der Waals surface area contributed by atoms with Crippen molar-refractivity contribution >= 4 is 11.9 Å². The first kappa shape index (κ1) is 9.76. The van der Waals surface area contributed by atoms with Crippen LogP contribution in [0, 0.1) is 12.8 Å². The fourth-order valence-electron chi connectivity index (χ4n) is 1.95. The van der Waals surface area contributed by atoms with Crippen LogP contribution in [0.3, 0.4) is 0 Å². The van der Waals surface area contributed by atoms with Crippen LogP contribution in [0.2, 0.25) is 0 Å². The van der Waals surface area contributed by atoms with Gasteiger partial charge in [0.25, 0.3) is 0 Å². The third-order valence-corrected chi connectivity index (χ3v) is 2.80. The molecule has 80 valence electrons. The number of rotatable bonds is 1. The average Bonchev–Trinajstić information content (AvgIpc) is 2.53. The molecule has 3 N–H and O–H groups in total. The van der Waals surface area contributed by atoms with Crippen molar-refractivity contribution in [3.63, 3.8) is 0 Å². The van der Waals surface area contributed by atoms with E-state index in [4.69, 9.17) is 10.9 Å². The van der Waals surface area contributed by atoms with Crippen molar-refractivity contribution in [1.29, 1.82) is 0 Å². The van der Waals surface area contributed by atoms with Crippen LogP contribution in [-0.4, -0.2) is 20.8 Å². The number of aromatic nitrogens is 2. The van der Waals surface area contributed by atoms with Crippen LogP contribution in [0.1, 0.15) is 17.0 Å². The molecule has 1 unspecified atom stereocenters. The van der Waals surface area contributed by atoms with E-state index in [1.54, 1.807) is 0 Å². The SMILES string of the molecule is Cc1nn(C)c2c1CC(/C(N)=N/O)C=C2. The number of fused-ring (bicyclic) bond motifs is 1. The molecule has 1 aromatic heterocycles. The van der Waals surface area contributed by atoms with Crippen LogP contribution in [0.25, 0.3) is 6.08 Å². The molecule has 1 aromatic rings. The minimum Gasteiger partial charge on any atom is -0.409 e. The van der Waals surface area contributed by atoms with E-state index in [1.807, 2.05) is 30.8 Å². The smallest absolute Gasteiger partial charge is 0.146 e. The topological polar surface area (TPSA) is 76.4 Å². The Morgan fingerprint density at radius 1 is 1.73 bits per heavy atom. The quantitative estimate of drug-likeness (QED) is 0.307. The van der Waals surface area contributed by atoms with E-state index in [0.717, 1.165) is 17.8 Å². The minimum atomic E-state index is -0.0228. The summed E-state index contributed by atoms with van der Waals surface area (Å²) in [5.74, 6) is 0.227. The summed E-state index contributed by atoms with van der Waals surface area (Å²) in [7, 11) is 1.92. The van der Waals surface area contributed by atoms with E-state index in [-0.39, 0.29) is 11.8 Å². The lowest BCUT2D eigenvalue weighted by Gasteiger charge is -2.15. The van der Waals surface area contributed by atoms with E-state index in [2.05, 4.69) is 10.3 Å². The molecular formula is C10H14N4O. The predicted octanol–water partition coefficient (Wildman–Crippen LogP) is 0.660. The molecular weight excluding hydrogens is 192 g/mol. The van der Waals surface area contributed by atoms with Gasteiger partial charge in [-0.05, 0) is 19.4 Å². The van der Waals surface area contributed by atoms with Gasteiger partial charge < -0.3 is 10.9 Å². The molecule has 0 fully saturated rings. The second kappa shape index (κ2) is 3.42. The Balaban J connectivity index is 2.38. The van der Waals surface area contributed by atoms with Crippen molar-refractivity contribution in [3.8, 4) is 0 Å². The van der Waals surface area contributed by atoms with E-state index < -0.39 is 0 Å². The van der Waals surface area contributed by atoms with Gasteiger partial charge in [-0.2, -0.15) is 5.10 Å². The standard InChI is InChI=1S/C10H14N4O/c1-6-8-5-7(10(11)13-15)3-4-9(8)14(2)12-6/h3-4,7,15H,5H2,1-2H3,(H2,11,13). The van der Waals surface area contributed by atoms with E-state index in [9.17, 15) is 0 Å². The van der Waals surface area contributed by atoms with Gasteiger partial charge in [-0.25, -0.2) is 0 Å². The number of aryl methyl sites for hydroxylation is 2. The number of hydrogen-bond acceptors (Lipinski definition) is 3. The molecule has 0 bridgehead atoms. The Labute approximate surface area is 87.9 Å². The molecule has 1 atom stereocenters. The van der Waals surface area contributed by atoms with Crippen LogP contribution in [0.15, 0.2) is 11.2 Å². The van der Waals surface area contributed by atoms with Crippen LogP contribution in [-0.2, 0) is 13.5 Å². The van der Waals surface area contributed by atoms with Gasteiger partial charge in [0, 0.05) is 18.5 Å². The Morgan fingerprint density at radius 2 is 2.47 bits per heavy atom. The molecule has 5 heteroatoms. The zero-order valence-corrected chi connectivity index (χ0v) is 8.81. The van der Waals surface area contributed by atoms with E-state index in [0.29, 0.717) is 0 Å². The third kappa shape index (κ3) is 1.49. The molecule has 1 aliphatic carbocycles. The Bertz CT molecular complexity index is 445. The second-order valence-electron chi connectivity index (χ2n) is 3.77. The molecule has 0 saturated heterocycles. The first-order valence-corrected chi connectivity index (χ1v) is 4.81. The lowest BCUT2D eigenvalue weighted by atomic mass is 9.91. The van der Waals surface area contributed by atoms with Crippen LogP contribution < -0.4 is 5.73 Å². The highest BCUT2D eigenvalue weighted by atomic mass is 16.4. The summed E-state index contributed by atoms with van der Waals surface area (Å²) in [4.78, 5) is 0. The molecule has 1 aliphatic rings. The van der Waals surface area contributed by atoms with Crippen molar-refractivity contribution in [3.05, 3.63) is 23.0 Å². The van der Waals surface area contributed by atoms with Gasteiger partial charge in [0.15, 0.2) is 0 Å². The number of hydrogen-bond donors (Lipinski definition) is 2. The number of oxime groups is 1. The van der Waals surface area contributed by atoms with Gasteiger partial charge in [-0.3, -0.25) is 4.68 Å². The molecule has 0 saturated carbocycles. The summed E-state index contributed by atoms with van der Waals surface area (Å²) >= 11 is 0. The molecule has 0 radical (unpaired) electrons. The molecule has 0 amide bonds. The van der Waals surface area contributed by atoms with Crippen molar-refractivity contribution in [2.24, 2.45) is 23.9 Å². The fraction of sp³-hybridized carbons (Fsp3) is 0.400. The average molecular weight is 206 g/mol. The first-order valence-electron chi connectivity index (χ1n) is 4.81. The monoisotopic (exact) mass is 206 g/mol. The zero-order valence-electron chi connectivity index (χ0n) is 8.81. The molecule has 0 spiro atoms. The van der Waals surface area contributed by atoms with Gasteiger partial charge in [0.05, 0.1) is 11.4 Å². The Morgan fingerprint density at radius 3 is 3.13 bits per heavy atom. The Hall–Kier alpha value is -1.78. The normalized spacial score (nSPS) is 20.4. The maximum atomic E-state index is 8.62. The van der Waals surface area contributed by atoms with Crippen molar-refractivity contribution in [2.75, 3.05) is 0 Å². The number of amidine groups is 1. The molecule has 0 aromatic carbocycles. The highest BCUT2D eigenvalue weighted by Gasteiger charge is 2.22. The summed E-state index contributed by atoms with van der Waals surface area (Å²) in [5.41, 5.74) is 8.87. The highest BCUT2D eigenvalue weighted by Crippen LogP contribution is 2.25. The van der Waals surface area contributed by atoms with Crippen LogP contribution in [0.5, 0.6) is 0 Å². The van der Waals surface area contributed by atoms with E-state index in [1.165, 1.54) is 5.56 Å². The largest absolute Gasteiger partial charge is 0.409 e. The van der Waals surface area contributed by atoms with Crippen molar-refractivity contribution in [1.82, 2.24) is 9.78 Å². The summed E-state index contributed by atoms with van der Waals surface area (Å²) in [6.45, 7) is 1.97. The maximum Gasteiger partial charge on any atom is 0.146 e. The summed E-state index contributed by atoms with van der Waals surface area (Å²) < 4.78 is 1.85. The summed E-state index contributed by atoms with van der Waals surface area (Å²) in [5, 5.41) is 16.0. The molecule has 5 nitrogen and oxygen atoms in total. The highest BCUT2D eigenvalue weighted by molar-refractivity contribution is 5.86. The zero-order chi connectivity index (χ0) is 11.0. The lowest BCUT2D eigenvalue weighted by Crippen LogP contribution is -2.25. The minimum absolute atomic E-state index is 0.0228. The molecule has 2 rings (SSSR count). The lowest BCUT2D eigenvalue weighted by molar-refractivity contribution is 0.315. The molecule has 1 heterocycles. The van der Waals surface area contributed by atoms with Crippen LogP contribution in [0.4, 0.5) is 0 Å². The first-order chi connectivity index (χ1) is 7.13. The van der Waals surface area contributed by atoms with Gasteiger partial charge in [0.1, 0.15) is 5.84 Å². The summed E-state index contributed by atoms with van der Waals surface area (Å²) in [6, 6.07) is 0. The van der Waals surface area contributed by atoms with Crippen LogP contribution >= 0.6 is 0 Å². The second-order valence-corrected chi connectivity index (χ2v) is 3.77. The van der Waals surface area contributed by atoms with Gasteiger partial charge in [0.2, 0.25) is 0 Å². The van der Waals surface area contributed by atoms with Gasteiger partial charge in [-0.1, -0.05) is 11.2 Å². The number of nitrogens with zero attached hydrogens (tertiary/aromatic N) is 3. The van der Waals surface area contributed by atoms with Gasteiger partial charge in [-0.15, -0.1) is 0 Å². The predicted molar refractivity (Wildman–Crippen MR) is 57.6 cm³/mol. The molecule has 0 aliphatic heterocycles. The molecule has 15 heavy (non-hydrogen) atoms. The van der Waals surface area contributed by atoms with Crippen molar-refractivity contribution in [2.45, 2.75) is 13.3 Å². The van der Waals surface area contributed by atoms with Crippen molar-refractivity contribution < 1.29 is 5.21 Å². The summed E-state index contributed by atoms with van der Waals surface area (Å²) in [6.07, 6.45) is 4.67.